The van der Waals surface area contributed by atoms with Gasteiger partial charge in [-0.3, -0.25) is 9.78 Å². The maximum Gasteiger partial charge on any atom is 0.162 e. The van der Waals surface area contributed by atoms with E-state index >= 15 is 0 Å². The predicted octanol–water partition coefficient (Wildman–Crippen LogP) is 11.5. The van der Waals surface area contributed by atoms with E-state index in [1.165, 1.54) is 76.3 Å². The molecule has 1 saturated heterocycles. The van der Waals surface area contributed by atoms with Gasteiger partial charge >= 0.3 is 0 Å². The van der Waals surface area contributed by atoms with E-state index in [9.17, 15) is 9.90 Å². The molecule has 4 heterocycles. The Morgan fingerprint density at radius 1 is 0.957 bits per heavy atom. The third-order valence-corrected chi connectivity index (χ3v) is 18.6. The molecule has 2 aliphatic heterocycles. The van der Waals surface area contributed by atoms with Gasteiger partial charge in [-0.05, 0) is 59.0 Å². The van der Waals surface area contributed by atoms with Gasteiger partial charge in [0.2, 0.25) is 0 Å². The van der Waals surface area contributed by atoms with Crippen molar-refractivity contribution < 1.29 is 30.0 Å². The molecule has 0 saturated carbocycles. The molecule has 3 nitrogen and oxygen atoms in total. The molecule has 1 fully saturated rings. The van der Waals surface area contributed by atoms with E-state index in [1.54, 1.807) is 5.56 Å². The van der Waals surface area contributed by atoms with Gasteiger partial charge in [-0.25, -0.2) is 0 Å². The van der Waals surface area contributed by atoms with Crippen molar-refractivity contribution >= 4 is 50.6 Å². The molecule has 2 aliphatic rings. The Hall–Kier alpha value is -2.11. The summed E-state index contributed by atoms with van der Waals surface area (Å²) in [6, 6.07) is 21.7. The fourth-order valence-electron chi connectivity index (χ4n) is 7.95. The number of hydrogen-bond acceptors (Lipinski definition) is 4. The van der Waals surface area contributed by atoms with Gasteiger partial charge in [-0.2, -0.15) is 11.3 Å². The Balaban J connectivity index is 0.000000269. The Morgan fingerprint density at radius 3 is 2.23 bits per heavy atom. The molecule has 6 rings (SSSR count). The van der Waals surface area contributed by atoms with Crippen molar-refractivity contribution in [2.75, 3.05) is 0 Å². The minimum atomic E-state index is -1.25. The van der Waals surface area contributed by atoms with E-state index < -0.39 is 8.07 Å². The molecule has 4 aromatic rings. The number of allylic oxidation sites excluding steroid dienone is 2. The summed E-state index contributed by atoms with van der Waals surface area (Å²) < 4.78 is 3.25. The van der Waals surface area contributed by atoms with Crippen molar-refractivity contribution in [3.8, 4) is 11.3 Å². The normalized spacial score (nSPS) is 16.0. The average molecular weight is 845 g/mol. The molecule has 6 heteroatoms. The van der Waals surface area contributed by atoms with Crippen LogP contribution in [-0.4, -0.2) is 23.9 Å². The number of carbonyl (C=O) groups is 1. The van der Waals surface area contributed by atoms with Crippen LogP contribution in [0.15, 0.2) is 54.4 Å². The fourth-order valence-corrected chi connectivity index (χ4v) is 16.2. The van der Waals surface area contributed by atoms with Crippen LogP contribution < -0.4 is 4.50 Å². The topological polar surface area (TPSA) is 50.2 Å². The third-order valence-electron chi connectivity index (χ3n) is 10.8. The van der Waals surface area contributed by atoms with Gasteiger partial charge in [-0.15, -0.1) is 29.1 Å². The van der Waals surface area contributed by atoms with Crippen LogP contribution >= 0.6 is 11.3 Å². The molecular weight excluding hydrogens is 791 g/mol. The molecule has 0 amide bonds. The van der Waals surface area contributed by atoms with Gasteiger partial charge in [0.05, 0.1) is 13.8 Å². The molecule has 2 aromatic carbocycles. The molecule has 255 valence electrons. The van der Waals surface area contributed by atoms with Gasteiger partial charge in [-0.1, -0.05) is 115 Å². The van der Waals surface area contributed by atoms with E-state index in [1.807, 2.05) is 38.4 Å². The Kier molecular flexibility index (Phi) is 12.9. The van der Waals surface area contributed by atoms with Crippen molar-refractivity contribution in [3.63, 3.8) is 0 Å². The van der Waals surface area contributed by atoms with Crippen LogP contribution in [0.3, 0.4) is 0 Å². The van der Waals surface area contributed by atoms with E-state index in [4.69, 9.17) is 4.98 Å². The average Bonchev–Trinajstić information content (AvgIpc) is 3.68. The first-order chi connectivity index (χ1) is 22.1. The summed E-state index contributed by atoms with van der Waals surface area (Å²) in [7, 11) is -1.25. The summed E-state index contributed by atoms with van der Waals surface area (Å²) in [5.74, 6) is 0.547. The van der Waals surface area contributed by atoms with Crippen LogP contribution in [0.1, 0.15) is 105 Å². The number of aliphatic hydroxyl groups excluding tert-OH is 1. The van der Waals surface area contributed by atoms with Crippen molar-refractivity contribution in [2.24, 2.45) is 11.8 Å². The first-order valence-electron chi connectivity index (χ1n) is 17.9. The SMILES string of the molecule is CC(C)(C)c1cc(-c2nccc3c4c(sc23)[Si]2(CCCC2)CCC4)[c-]c2ccccc12.CCC(CC)C(=O)/C=C(\O)C(CC)CC.[Ir]. The Morgan fingerprint density at radius 2 is 1.60 bits per heavy atom. The zero-order valence-electron chi connectivity index (χ0n) is 29.6. The van der Waals surface area contributed by atoms with Gasteiger partial charge in [0, 0.05) is 54.6 Å². The van der Waals surface area contributed by atoms with Crippen molar-refractivity contribution in [2.45, 2.75) is 123 Å². The maximum atomic E-state index is 11.7. The number of thiophene rings is 1. The molecule has 0 bridgehead atoms. The number of ketones is 1. The number of benzene rings is 2. The van der Waals surface area contributed by atoms with Crippen LogP contribution in [0.4, 0.5) is 0 Å². The summed E-state index contributed by atoms with van der Waals surface area (Å²) in [5.41, 5.74) is 5.47. The van der Waals surface area contributed by atoms with Gasteiger partial charge in [0.25, 0.3) is 0 Å². The zero-order chi connectivity index (χ0) is 33.1. The van der Waals surface area contributed by atoms with Crippen molar-refractivity contribution in [1.29, 1.82) is 0 Å². The number of hydrogen-bond donors (Lipinski definition) is 1. The van der Waals surface area contributed by atoms with Crippen LogP contribution in [0, 0.1) is 17.9 Å². The minimum Gasteiger partial charge on any atom is -0.512 e. The quantitative estimate of drug-likeness (QED) is 0.0832. The standard InChI is InChI=1S/C28H30NSSi.C13H24O2.Ir/c1-28(2,3)24-18-20(17-19-9-4-5-10-21(19)24)25-26-22(12-13-29-25)23-11-8-16-31(27(23)30-26)14-6-7-15-31;1-5-10(6-2)12(14)9-13(15)11(7-3)8-4;/h4-5,9-10,12-13,18H,6-8,11,14-16H2,1-3H3;9-11,14H,5-8H2,1-4H3;/q-1;;/b;12-9-;. The number of rotatable bonds is 8. The molecular formula is C41H54IrNO2SSi-. The van der Waals surface area contributed by atoms with Crippen LogP contribution in [0.5, 0.6) is 0 Å². The predicted molar refractivity (Wildman–Crippen MR) is 201 cm³/mol. The summed E-state index contributed by atoms with van der Waals surface area (Å²) in [5, 5.41) is 13.8. The van der Waals surface area contributed by atoms with E-state index in [0.717, 1.165) is 36.9 Å². The molecule has 47 heavy (non-hydrogen) atoms. The number of aromatic nitrogens is 1. The zero-order valence-corrected chi connectivity index (χ0v) is 33.8. The largest absolute Gasteiger partial charge is 0.512 e. The minimum absolute atomic E-state index is 0. The second-order valence-electron chi connectivity index (χ2n) is 14.7. The fraction of sp³-hybridized carbons (Fsp3) is 0.512. The Bertz CT molecular complexity index is 1700. The van der Waals surface area contributed by atoms with Gasteiger partial charge in [0.15, 0.2) is 5.78 Å². The first kappa shape index (κ1) is 37.7. The second-order valence-corrected chi connectivity index (χ2v) is 20.6. The Labute approximate surface area is 302 Å². The number of nitrogens with zero attached hydrogens (tertiary/aromatic N) is 1. The van der Waals surface area contributed by atoms with E-state index in [-0.39, 0.29) is 48.9 Å². The summed E-state index contributed by atoms with van der Waals surface area (Å²) in [6.07, 6.45) is 12.5. The maximum absolute atomic E-state index is 11.7. The smallest absolute Gasteiger partial charge is 0.162 e. The summed E-state index contributed by atoms with van der Waals surface area (Å²) >= 11 is 2.12. The monoisotopic (exact) mass is 845 g/mol. The number of fused-ring (bicyclic) bond motifs is 5. The first-order valence-corrected chi connectivity index (χ1v) is 21.3. The van der Waals surface area contributed by atoms with Gasteiger partial charge < -0.3 is 5.11 Å². The van der Waals surface area contributed by atoms with Gasteiger partial charge in [0.1, 0.15) is 0 Å². The molecule has 1 N–H and O–H groups in total. The third kappa shape index (κ3) is 7.87. The molecule has 1 radical (unpaired) electrons. The molecule has 0 aliphatic carbocycles. The molecule has 0 atom stereocenters. The molecule has 0 unspecified atom stereocenters. The van der Waals surface area contributed by atoms with E-state index in [2.05, 4.69) is 74.6 Å². The molecule has 1 spiro atoms. The summed E-state index contributed by atoms with van der Waals surface area (Å²) in [4.78, 5) is 16.7. The number of aryl methyl sites for hydroxylation is 1. The number of carbonyl (C=O) groups excluding carboxylic acids is 1. The summed E-state index contributed by atoms with van der Waals surface area (Å²) in [6.45, 7) is 15.0. The van der Waals surface area contributed by atoms with Crippen molar-refractivity contribution in [1.82, 2.24) is 4.98 Å². The number of pyridine rings is 1. The van der Waals surface area contributed by atoms with Crippen LogP contribution in [-0.2, 0) is 36.7 Å². The number of aliphatic hydroxyl groups is 1. The van der Waals surface area contributed by atoms with E-state index in [0.29, 0.717) is 0 Å². The molecule has 2 aromatic heterocycles. The van der Waals surface area contributed by atoms with Crippen LogP contribution in [0.25, 0.3) is 32.1 Å². The van der Waals surface area contributed by atoms with Crippen molar-refractivity contribution in [3.05, 3.63) is 71.6 Å². The second kappa shape index (κ2) is 16.1. The van der Waals surface area contributed by atoms with Crippen LogP contribution in [0.2, 0.25) is 18.1 Å².